The third-order valence-corrected chi connectivity index (χ3v) is 4.40. The molecule has 0 bridgehead atoms. The molecular weight excluding hydrogens is 324 g/mol. The summed E-state index contributed by atoms with van der Waals surface area (Å²) in [6, 6.07) is 14.3. The Labute approximate surface area is 127 Å². The molecule has 2 aromatic carbocycles. The molecule has 0 spiro atoms. The summed E-state index contributed by atoms with van der Waals surface area (Å²) in [5.74, 6) is 0.839. The van der Waals surface area contributed by atoms with E-state index in [1.54, 1.807) is 7.11 Å². The second-order valence-electron chi connectivity index (χ2n) is 4.34. The molecule has 0 fully saturated rings. The Morgan fingerprint density at radius 1 is 1.16 bits per heavy atom. The Morgan fingerprint density at radius 3 is 2.42 bits per heavy atom. The van der Waals surface area contributed by atoms with Gasteiger partial charge in [0.25, 0.3) is 0 Å². The molecule has 2 aromatic rings. The Balaban J connectivity index is 2.36. The van der Waals surface area contributed by atoms with Gasteiger partial charge in [-0.3, -0.25) is 0 Å². The summed E-state index contributed by atoms with van der Waals surface area (Å²) in [6.07, 6.45) is 1.05. The number of hydrogen-bond acceptors (Lipinski definition) is 1. The van der Waals surface area contributed by atoms with Gasteiger partial charge in [-0.05, 0) is 35.7 Å². The molecule has 0 aromatic heterocycles. The van der Waals surface area contributed by atoms with Crippen LogP contribution in [-0.2, 0) is 6.42 Å². The van der Waals surface area contributed by atoms with E-state index in [0.717, 1.165) is 17.7 Å². The Kier molecular flexibility index (Phi) is 4.89. The van der Waals surface area contributed by atoms with Gasteiger partial charge in [0.15, 0.2) is 0 Å². The van der Waals surface area contributed by atoms with E-state index in [9.17, 15) is 0 Å². The highest BCUT2D eigenvalue weighted by Crippen LogP contribution is 2.38. The number of ether oxygens (including phenoxy) is 1. The zero-order valence-electron chi connectivity index (χ0n) is 11.0. The molecule has 0 saturated carbocycles. The number of aryl methyl sites for hydroxylation is 1. The van der Waals surface area contributed by atoms with Gasteiger partial charge in [0.2, 0.25) is 0 Å². The molecule has 1 nitrogen and oxygen atoms in total. The van der Waals surface area contributed by atoms with Gasteiger partial charge in [-0.25, -0.2) is 0 Å². The predicted molar refractivity (Wildman–Crippen MR) is 84.6 cm³/mol. The van der Waals surface area contributed by atoms with E-state index >= 15 is 0 Å². The molecule has 3 heteroatoms. The third kappa shape index (κ3) is 3.31. The maximum Gasteiger partial charge on any atom is 0.123 e. The highest BCUT2D eigenvalue weighted by molar-refractivity contribution is 9.09. The minimum atomic E-state index is 0.0760. The molecule has 1 atom stereocenters. The second kappa shape index (κ2) is 6.44. The molecule has 19 heavy (non-hydrogen) atoms. The number of benzene rings is 2. The van der Waals surface area contributed by atoms with Gasteiger partial charge in [0.1, 0.15) is 5.75 Å². The van der Waals surface area contributed by atoms with Crippen molar-refractivity contribution in [3.8, 4) is 5.75 Å². The van der Waals surface area contributed by atoms with Crippen LogP contribution in [0.15, 0.2) is 42.5 Å². The van der Waals surface area contributed by atoms with Crippen molar-refractivity contribution in [2.24, 2.45) is 0 Å². The van der Waals surface area contributed by atoms with E-state index in [2.05, 4.69) is 47.1 Å². The van der Waals surface area contributed by atoms with E-state index in [4.69, 9.17) is 16.3 Å². The fourth-order valence-electron chi connectivity index (χ4n) is 2.01. The van der Waals surface area contributed by atoms with Gasteiger partial charge in [-0.15, -0.1) is 0 Å². The zero-order valence-corrected chi connectivity index (χ0v) is 13.3. The molecule has 1 unspecified atom stereocenters. The molecule has 0 heterocycles. The molecule has 0 radical (unpaired) electrons. The summed E-state index contributed by atoms with van der Waals surface area (Å²) in [6.45, 7) is 2.15. The van der Waals surface area contributed by atoms with Crippen LogP contribution in [0.25, 0.3) is 0 Å². The van der Waals surface area contributed by atoms with Crippen LogP contribution in [0.5, 0.6) is 5.75 Å². The van der Waals surface area contributed by atoms with Crippen molar-refractivity contribution in [2.75, 3.05) is 7.11 Å². The average Bonchev–Trinajstić information content (AvgIpc) is 2.46. The number of rotatable bonds is 4. The summed E-state index contributed by atoms with van der Waals surface area (Å²) >= 11 is 9.80. The first-order valence-electron chi connectivity index (χ1n) is 6.22. The van der Waals surface area contributed by atoms with E-state index < -0.39 is 0 Å². The lowest BCUT2D eigenvalue weighted by molar-refractivity contribution is 0.410. The van der Waals surface area contributed by atoms with Crippen LogP contribution in [0.2, 0.25) is 5.02 Å². The zero-order chi connectivity index (χ0) is 13.8. The lowest BCUT2D eigenvalue weighted by atomic mass is 10.0. The van der Waals surface area contributed by atoms with Crippen LogP contribution in [0.1, 0.15) is 28.4 Å². The Morgan fingerprint density at radius 2 is 1.84 bits per heavy atom. The van der Waals surface area contributed by atoms with E-state index in [1.807, 2.05) is 18.2 Å². The van der Waals surface area contributed by atoms with Crippen LogP contribution in [0.4, 0.5) is 0 Å². The highest BCUT2D eigenvalue weighted by atomic mass is 79.9. The second-order valence-corrected chi connectivity index (χ2v) is 5.70. The summed E-state index contributed by atoms with van der Waals surface area (Å²) in [5.41, 5.74) is 3.57. The van der Waals surface area contributed by atoms with Gasteiger partial charge >= 0.3 is 0 Å². The van der Waals surface area contributed by atoms with Crippen LogP contribution in [0.3, 0.4) is 0 Å². The maximum absolute atomic E-state index is 6.08. The number of hydrogen-bond donors (Lipinski definition) is 0. The Hall–Kier alpha value is -0.990. The van der Waals surface area contributed by atoms with Crippen molar-refractivity contribution in [3.63, 3.8) is 0 Å². The first-order chi connectivity index (χ1) is 9.15. The van der Waals surface area contributed by atoms with Crippen LogP contribution in [-0.4, -0.2) is 7.11 Å². The predicted octanol–water partition coefficient (Wildman–Crippen LogP) is 5.40. The topological polar surface area (TPSA) is 9.23 Å². The lowest BCUT2D eigenvalue weighted by Crippen LogP contribution is -1.97. The number of methoxy groups -OCH3 is 1. The Bertz CT molecular complexity index is 551. The van der Waals surface area contributed by atoms with Crippen molar-refractivity contribution >= 4 is 27.5 Å². The van der Waals surface area contributed by atoms with Gasteiger partial charge < -0.3 is 4.74 Å². The standard InChI is InChI=1S/C16H16BrClO/c1-3-11-4-6-12(7-5-11)16(17)14-10-13(18)8-9-15(14)19-2/h4-10,16H,3H2,1-2H3. The molecule has 0 aliphatic carbocycles. The van der Waals surface area contributed by atoms with Crippen molar-refractivity contribution in [1.29, 1.82) is 0 Å². The smallest absolute Gasteiger partial charge is 0.123 e. The molecule has 0 aliphatic heterocycles. The molecule has 100 valence electrons. The van der Waals surface area contributed by atoms with Crippen LogP contribution >= 0.6 is 27.5 Å². The number of halogens is 2. The van der Waals surface area contributed by atoms with Crippen LogP contribution < -0.4 is 4.74 Å². The van der Waals surface area contributed by atoms with Gasteiger partial charge in [0.05, 0.1) is 11.9 Å². The first-order valence-corrected chi connectivity index (χ1v) is 7.51. The van der Waals surface area contributed by atoms with Crippen molar-refractivity contribution < 1.29 is 4.74 Å². The van der Waals surface area contributed by atoms with E-state index in [-0.39, 0.29) is 4.83 Å². The van der Waals surface area contributed by atoms with E-state index in [0.29, 0.717) is 5.02 Å². The van der Waals surface area contributed by atoms with Crippen molar-refractivity contribution in [2.45, 2.75) is 18.2 Å². The molecule has 0 aliphatic rings. The average molecular weight is 340 g/mol. The highest BCUT2D eigenvalue weighted by Gasteiger charge is 2.15. The molecular formula is C16H16BrClO. The van der Waals surface area contributed by atoms with E-state index in [1.165, 1.54) is 11.1 Å². The summed E-state index contributed by atoms with van der Waals surface area (Å²) in [7, 11) is 1.67. The summed E-state index contributed by atoms with van der Waals surface area (Å²) in [5, 5.41) is 0.713. The molecule has 2 rings (SSSR count). The quantitative estimate of drug-likeness (QED) is 0.678. The van der Waals surface area contributed by atoms with Crippen molar-refractivity contribution in [1.82, 2.24) is 0 Å². The molecule has 0 amide bonds. The third-order valence-electron chi connectivity index (χ3n) is 3.15. The summed E-state index contributed by atoms with van der Waals surface area (Å²) < 4.78 is 5.40. The summed E-state index contributed by atoms with van der Waals surface area (Å²) in [4.78, 5) is 0.0760. The normalized spacial score (nSPS) is 12.2. The first kappa shape index (κ1) is 14.4. The van der Waals surface area contributed by atoms with Gasteiger partial charge in [-0.1, -0.05) is 58.7 Å². The fourth-order valence-corrected chi connectivity index (χ4v) is 2.85. The minimum Gasteiger partial charge on any atom is -0.496 e. The minimum absolute atomic E-state index is 0.0760. The lowest BCUT2D eigenvalue weighted by Gasteiger charge is -2.15. The molecule has 0 N–H and O–H groups in total. The largest absolute Gasteiger partial charge is 0.496 e. The maximum atomic E-state index is 6.08. The van der Waals surface area contributed by atoms with Crippen LogP contribution in [0, 0.1) is 0 Å². The van der Waals surface area contributed by atoms with Crippen molar-refractivity contribution in [3.05, 3.63) is 64.2 Å². The molecule has 0 saturated heterocycles. The monoisotopic (exact) mass is 338 g/mol. The SMILES string of the molecule is CCc1ccc(C(Br)c2cc(Cl)ccc2OC)cc1. The fraction of sp³-hybridized carbons (Fsp3) is 0.250. The van der Waals surface area contributed by atoms with Gasteiger partial charge in [0, 0.05) is 10.6 Å². The van der Waals surface area contributed by atoms with Gasteiger partial charge in [-0.2, -0.15) is 0 Å². The number of alkyl halides is 1.